The van der Waals surface area contributed by atoms with Crippen LogP contribution in [0.25, 0.3) is 0 Å². The molecule has 0 spiro atoms. The van der Waals surface area contributed by atoms with Gasteiger partial charge in [0.05, 0.1) is 49.5 Å². The Morgan fingerprint density at radius 2 is 1.71 bits per heavy atom. The van der Waals surface area contributed by atoms with Gasteiger partial charge in [0, 0.05) is 19.8 Å². The lowest BCUT2D eigenvalue weighted by molar-refractivity contribution is -0.137. The van der Waals surface area contributed by atoms with Gasteiger partial charge < -0.3 is 34.4 Å². The van der Waals surface area contributed by atoms with Gasteiger partial charge in [-0.15, -0.1) is 12.4 Å². The van der Waals surface area contributed by atoms with Gasteiger partial charge in [-0.2, -0.15) is 18.2 Å². The summed E-state index contributed by atoms with van der Waals surface area (Å²) in [5.41, 5.74) is 2.11. The standard InChI is InChI=1S/C32H39F3N5O6P.ClH/c1-5-45-47(43,46-6-2)18-19-7-13-25(27(15-19)44-4)38-31-36-16-24(32(33,34)35)29(39-31)37-26-14-12-22(20-8-10-21(41)11-9-20)23-17-40(3)30(42)28(23)26;/h7,12-16,20-21,41H,5-6,8-11,17-18H2,1-4H3,(H2,36,37,38,39);1H. The number of aromatic nitrogens is 2. The lowest BCUT2D eigenvalue weighted by Crippen LogP contribution is -2.18. The van der Waals surface area contributed by atoms with Crippen LogP contribution in [0.2, 0.25) is 0 Å². The molecule has 1 saturated carbocycles. The highest BCUT2D eigenvalue weighted by Crippen LogP contribution is 2.52. The number of halogens is 4. The normalized spacial score (nSPS) is 17.9. The van der Waals surface area contributed by atoms with Crippen LogP contribution in [-0.2, 0) is 32.5 Å². The molecule has 0 unspecified atom stereocenters. The first-order valence-electron chi connectivity index (χ1n) is 15.5. The van der Waals surface area contributed by atoms with Crippen molar-refractivity contribution in [3.05, 3.63) is 64.3 Å². The Balaban J connectivity index is 0.00000520. The van der Waals surface area contributed by atoms with E-state index in [1.54, 1.807) is 45.2 Å². The third-order valence-corrected chi connectivity index (χ3v) is 10.4. The second-order valence-electron chi connectivity index (χ2n) is 11.6. The van der Waals surface area contributed by atoms with Gasteiger partial charge in [-0.3, -0.25) is 9.36 Å². The molecule has 1 aromatic heterocycles. The molecule has 0 bridgehead atoms. The summed E-state index contributed by atoms with van der Waals surface area (Å²) in [4.78, 5) is 22.9. The highest BCUT2D eigenvalue weighted by atomic mass is 35.5. The molecule has 1 amide bonds. The number of benzene rings is 2. The smallest absolute Gasteiger partial charge is 0.421 e. The fraction of sp³-hybridized carbons (Fsp3) is 0.469. The first-order valence-corrected chi connectivity index (χ1v) is 17.2. The van der Waals surface area contributed by atoms with Crippen molar-refractivity contribution in [3.8, 4) is 5.75 Å². The van der Waals surface area contributed by atoms with Gasteiger partial charge in [0.2, 0.25) is 5.95 Å². The predicted octanol–water partition coefficient (Wildman–Crippen LogP) is 7.78. The number of aliphatic hydroxyl groups excluding tert-OH is 1. The third-order valence-electron chi connectivity index (χ3n) is 8.33. The number of carbonyl (C=O) groups excluding carboxylic acids is 1. The lowest BCUT2D eigenvalue weighted by atomic mass is 9.80. The van der Waals surface area contributed by atoms with Gasteiger partial charge in [-0.05, 0) is 80.3 Å². The molecule has 1 aliphatic carbocycles. The number of nitrogens with zero attached hydrogens (tertiary/aromatic N) is 3. The Morgan fingerprint density at radius 1 is 1.04 bits per heavy atom. The maximum Gasteiger partial charge on any atom is 0.421 e. The number of rotatable bonds is 12. The Kier molecular flexibility index (Phi) is 12.0. The van der Waals surface area contributed by atoms with Crippen molar-refractivity contribution < 1.29 is 41.4 Å². The van der Waals surface area contributed by atoms with E-state index in [1.807, 2.05) is 6.07 Å². The molecule has 16 heteroatoms. The number of anilines is 4. The Hall–Kier alpha value is -3.42. The van der Waals surface area contributed by atoms with Gasteiger partial charge in [0.1, 0.15) is 17.1 Å². The fourth-order valence-electron chi connectivity index (χ4n) is 6.13. The van der Waals surface area contributed by atoms with Crippen LogP contribution in [0, 0.1) is 0 Å². The second-order valence-corrected chi connectivity index (χ2v) is 13.6. The SMILES string of the molecule is CCOP(=O)(Cc1ccc(Nc2ncc(C(F)(F)F)c(Nc3ccc(C4CCC(O)CC4)c4c3C(=O)N(C)C4)n2)c(OC)c1)OCC.Cl. The van der Waals surface area contributed by atoms with Crippen LogP contribution in [0.5, 0.6) is 5.75 Å². The topological polar surface area (TPSA) is 135 Å². The summed E-state index contributed by atoms with van der Waals surface area (Å²) in [6.07, 6.45) is -1.62. The lowest BCUT2D eigenvalue weighted by Gasteiger charge is -2.27. The van der Waals surface area contributed by atoms with Gasteiger partial charge >= 0.3 is 13.8 Å². The van der Waals surface area contributed by atoms with Crippen LogP contribution in [0.4, 0.5) is 36.3 Å². The molecular weight excluding hydrogens is 674 g/mol. The van der Waals surface area contributed by atoms with E-state index in [4.69, 9.17) is 13.8 Å². The molecule has 11 nitrogen and oxygen atoms in total. The Bertz CT molecular complexity index is 1660. The van der Waals surface area contributed by atoms with E-state index in [2.05, 4.69) is 20.6 Å². The zero-order valence-electron chi connectivity index (χ0n) is 27.1. The number of aliphatic hydroxyl groups is 1. The molecule has 1 fully saturated rings. The van der Waals surface area contributed by atoms with Crippen LogP contribution >= 0.6 is 20.0 Å². The minimum Gasteiger partial charge on any atom is -0.495 e. The molecule has 0 saturated heterocycles. The number of alkyl halides is 3. The number of carbonyl (C=O) groups is 1. The number of methoxy groups -OCH3 is 1. The summed E-state index contributed by atoms with van der Waals surface area (Å²) in [5, 5.41) is 15.7. The van der Waals surface area contributed by atoms with Gasteiger partial charge in [-0.25, -0.2) is 4.98 Å². The first-order chi connectivity index (χ1) is 22.4. The molecule has 262 valence electrons. The number of fused-ring (bicyclic) bond motifs is 1. The predicted molar refractivity (Wildman–Crippen MR) is 178 cm³/mol. The Labute approximate surface area is 283 Å². The average molecular weight is 714 g/mol. The minimum atomic E-state index is -4.79. The number of hydrogen-bond donors (Lipinski definition) is 3. The van der Waals surface area contributed by atoms with E-state index in [0.29, 0.717) is 48.1 Å². The van der Waals surface area contributed by atoms with Crippen molar-refractivity contribution in [1.29, 1.82) is 0 Å². The Morgan fingerprint density at radius 3 is 2.33 bits per heavy atom. The van der Waals surface area contributed by atoms with Crippen molar-refractivity contribution in [3.63, 3.8) is 0 Å². The zero-order valence-corrected chi connectivity index (χ0v) is 28.8. The summed E-state index contributed by atoms with van der Waals surface area (Å²) >= 11 is 0. The molecule has 2 heterocycles. The highest BCUT2D eigenvalue weighted by molar-refractivity contribution is 7.53. The number of amides is 1. The average Bonchev–Trinajstić information content (AvgIpc) is 3.32. The zero-order chi connectivity index (χ0) is 33.9. The van der Waals surface area contributed by atoms with Gasteiger partial charge in [0.15, 0.2) is 0 Å². The quantitative estimate of drug-likeness (QED) is 0.160. The molecule has 3 aromatic rings. The maximum atomic E-state index is 14.2. The van der Waals surface area contributed by atoms with E-state index < -0.39 is 25.2 Å². The molecule has 5 rings (SSSR count). The first kappa shape index (κ1) is 37.4. The molecule has 0 atom stereocenters. The molecule has 1 aliphatic heterocycles. The van der Waals surface area contributed by atoms with E-state index in [1.165, 1.54) is 12.0 Å². The van der Waals surface area contributed by atoms with E-state index in [-0.39, 0.29) is 61.3 Å². The summed E-state index contributed by atoms with van der Waals surface area (Å²) < 4.78 is 71.8. The third kappa shape index (κ3) is 8.23. The molecule has 2 aliphatic rings. The van der Waals surface area contributed by atoms with E-state index in [0.717, 1.165) is 24.0 Å². The van der Waals surface area contributed by atoms with E-state index >= 15 is 0 Å². The monoisotopic (exact) mass is 713 g/mol. The van der Waals surface area contributed by atoms with Crippen molar-refractivity contribution >= 4 is 49.1 Å². The number of nitrogens with one attached hydrogen (secondary N) is 2. The highest BCUT2D eigenvalue weighted by Gasteiger charge is 2.37. The van der Waals surface area contributed by atoms with Crippen LogP contribution < -0.4 is 15.4 Å². The summed E-state index contributed by atoms with van der Waals surface area (Å²) in [5.74, 6) is -0.536. The van der Waals surface area contributed by atoms with Gasteiger partial charge in [-0.1, -0.05) is 12.1 Å². The summed E-state index contributed by atoms with van der Waals surface area (Å²) in [6, 6.07) is 8.37. The van der Waals surface area contributed by atoms with Gasteiger partial charge in [0.25, 0.3) is 5.91 Å². The van der Waals surface area contributed by atoms with E-state index in [9.17, 15) is 27.6 Å². The molecule has 48 heavy (non-hydrogen) atoms. The van der Waals surface area contributed by atoms with Crippen LogP contribution in [0.3, 0.4) is 0 Å². The molecule has 2 aromatic carbocycles. The maximum absolute atomic E-state index is 14.2. The number of ether oxygens (including phenoxy) is 1. The fourth-order valence-corrected chi connectivity index (χ4v) is 7.82. The summed E-state index contributed by atoms with van der Waals surface area (Å²) in [7, 11) is -0.323. The minimum absolute atomic E-state index is 0. The van der Waals surface area contributed by atoms with Crippen molar-refractivity contribution in [2.24, 2.45) is 0 Å². The van der Waals surface area contributed by atoms with Crippen molar-refractivity contribution in [1.82, 2.24) is 14.9 Å². The van der Waals surface area contributed by atoms with Crippen LogP contribution in [0.15, 0.2) is 36.5 Å². The largest absolute Gasteiger partial charge is 0.495 e. The molecular formula is C32H40ClF3N5O6P. The molecule has 3 N–H and O–H groups in total. The van der Waals surface area contributed by atoms with Crippen molar-refractivity contribution in [2.45, 2.75) is 70.4 Å². The number of hydrogen-bond acceptors (Lipinski definition) is 10. The van der Waals surface area contributed by atoms with Crippen LogP contribution in [-0.4, -0.2) is 59.4 Å². The molecule has 0 radical (unpaired) electrons. The second kappa shape index (κ2) is 15.4. The van der Waals surface area contributed by atoms with Crippen molar-refractivity contribution in [2.75, 3.05) is 38.0 Å². The summed E-state index contributed by atoms with van der Waals surface area (Å²) in [6.45, 7) is 4.18. The van der Waals surface area contributed by atoms with Crippen LogP contribution in [0.1, 0.15) is 78.1 Å².